The van der Waals surface area contributed by atoms with E-state index in [9.17, 15) is 4.79 Å². The quantitative estimate of drug-likeness (QED) is 0.829. The highest BCUT2D eigenvalue weighted by molar-refractivity contribution is 6.35. The fraction of sp³-hybridized carbons (Fsp3) is 0.300. The van der Waals surface area contributed by atoms with Gasteiger partial charge < -0.3 is 5.32 Å². The minimum Gasteiger partial charge on any atom is -0.325 e. The van der Waals surface area contributed by atoms with Crippen molar-refractivity contribution in [1.82, 2.24) is 0 Å². The van der Waals surface area contributed by atoms with E-state index in [1.165, 1.54) is 0 Å². The van der Waals surface area contributed by atoms with E-state index in [1.54, 1.807) is 18.2 Å². The van der Waals surface area contributed by atoms with Crippen molar-refractivity contribution in [3.63, 3.8) is 0 Å². The number of rotatable bonds is 2. The lowest BCUT2D eigenvalue weighted by Gasteiger charge is -2.09. The molecule has 0 unspecified atom stereocenters. The van der Waals surface area contributed by atoms with Crippen LogP contribution in [0.2, 0.25) is 10.0 Å². The molecule has 0 heterocycles. The van der Waals surface area contributed by atoms with Gasteiger partial charge in [0.2, 0.25) is 5.91 Å². The van der Waals surface area contributed by atoms with Crippen molar-refractivity contribution in [3.8, 4) is 0 Å². The van der Waals surface area contributed by atoms with Gasteiger partial charge in [-0.05, 0) is 18.2 Å². The number of nitrogens with one attached hydrogen (secondary N) is 1. The average molecular weight is 232 g/mol. The summed E-state index contributed by atoms with van der Waals surface area (Å²) in [4.78, 5) is 11.4. The van der Waals surface area contributed by atoms with Gasteiger partial charge in [-0.2, -0.15) is 0 Å². The summed E-state index contributed by atoms with van der Waals surface area (Å²) in [6.45, 7) is 3.63. The summed E-state index contributed by atoms with van der Waals surface area (Å²) in [5.41, 5.74) is 0.554. The molecule has 1 aromatic carbocycles. The molecule has 0 aromatic heterocycles. The van der Waals surface area contributed by atoms with E-state index >= 15 is 0 Å². The van der Waals surface area contributed by atoms with Crippen molar-refractivity contribution in [2.24, 2.45) is 5.92 Å². The van der Waals surface area contributed by atoms with Gasteiger partial charge in [0.1, 0.15) is 0 Å². The molecule has 1 amide bonds. The summed E-state index contributed by atoms with van der Waals surface area (Å²) in [6.07, 6.45) is 0. The Morgan fingerprint density at radius 2 is 2.00 bits per heavy atom. The molecule has 0 bridgehead atoms. The second kappa shape index (κ2) is 4.67. The molecule has 0 saturated carbocycles. The molecule has 0 spiro atoms. The lowest BCUT2D eigenvalue weighted by atomic mass is 10.2. The Balaban J connectivity index is 2.86. The number of hydrogen-bond acceptors (Lipinski definition) is 1. The highest BCUT2D eigenvalue weighted by Gasteiger charge is 2.09. The molecule has 0 aliphatic heterocycles. The SMILES string of the molecule is CC(C)C(=O)Nc1cc(Cl)ccc1Cl. The zero-order chi connectivity index (χ0) is 10.7. The topological polar surface area (TPSA) is 29.1 Å². The minimum atomic E-state index is -0.0787. The van der Waals surface area contributed by atoms with E-state index in [1.807, 2.05) is 13.8 Å². The van der Waals surface area contributed by atoms with Gasteiger partial charge in [0.15, 0.2) is 0 Å². The van der Waals surface area contributed by atoms with Crippen LogP contribution in [0, 0.1) is 5.92 Å². The Kier molecular flexibility index (Phi) is 3.78. The maximum atomic E-state index is 11.4. The molecular formula is C10H11Cl2NO. The van der Waals surface area contributed by atoms with Crippen LogP contribution in [0.25, 0.3) is 0 Å². The second-order valence-corrected chi connectivity index (χ2v) is 4.11. The number of amides is 1. The Bertz CT molecular complexity index is 350. The van der Waals surface area contributed by atoms with Gasteiger partial charge in [0.05, 0.1) is 10.7 Å². The lowest BCUT2D eigenvalue weighted by Crippen LogP contribution is -2.17. The molecule has 4 heteroatoms. The van der Waals surface area contributed by atoms with E-state index in [-0.39, 0.29) is 11.8 Å². The second-order valence-electron chi connectivity index (χ2n) is 3.27. The van der Waals surface area contributed by atoms with Crippen LogP contribution in [-0.2, 0) is 4.79 Å². The molecule has 1 rings (SSSR count). The predicted molar refractivity (Wildman–Crippen MR) is 59.9 cm³/mol. The van der Waals surface area contributed by atoms with Crippen molar-refractivity contribution < 1.29 is 4.79 Å². The van der Waals surface area contributed by atoms with E-state index in [2.05, 4.69) is 5.32 Å². The van der Waals surface area contributed by atoms with E-state index in [0.29, 0.717) is 15.7 Å². The maximum absolute atomic E-state index is 11.4. The van der Waals surface area contributed by atoms with Gasteiger partial charge in [-0.15, -0.1) is 0 Å². The summed E-state index contributed by atoms with van der Waals surface area (Å²) in [5.74, 6) is -0.154. The van der Waals surface area contributed by atoms with Crippen molar-refractivity contribution in [2.75, 3.05) is 5.32 Å². The van der Waals surface area contributed by atoms with Gasteiger partial charge in [0, 0.05) is 10.9 Å². The molecule has 1 N–H and O–H groups in total. The van der Waals surface area contributed by atoms with Crippen LogP contribution in [0.3, 0.4) is 0 Å². The molecule has 0 atom stereocenters. The Morgan fingerprint density at radius 1 is 1.36 bits per heavy atom. The first-order chi connectivity index (χ1) is 6.50. The number of carbonyl (C=O) groups excluding carboxylic acids is 1. The van der Waals surface area contributed by atoms with Crippen LogP contribution in [0.4, 0.5) is 5.69 Å². The summed E-state index contributed by atoms with van der Waals surface area (Å²) < 4.78 is 0. The monoisotopic (exact) mass is 231 g/mol. The number of hydrogen-bond donors (Lipinski definition) is 1. The summed E-state index contributed by atoms with van der Waals surface area (Å²) in [6, 6.07) is 4.96. The fourth-order valence-corrected chi connectivity index (χ4v) is 1.21. The largest absolute Gasteiger partial charge is 0.325 e. The molecule has 14 heavy (non-hydrogen) atoms. The zero-order valence-corrected chi connectivity index (χ0v) is 9.49. The molecular weight excluding hydrogens is 221 g/mol. The molecule has 0 fully saturated rings. The normalized spacial score (nSPS) is 10.4. The van der Waals surface area contributed by atoms with Crippen LogP contribution in [0.1, 0.15) is 13.8 Å². The van der Waals surface area contributed by atoms with Gasteiger partial charge >= 0.3 is 0 Å². The van der Waals surface area contributed by atoms with Crippen LogP contribution >= 0.6 is 23.2 Å². The third-order valence-corrected chi connectivity index (χ3v) is 2.28. The number of anilines is 1. The standard InChI is InChI=1S/C10H11Cl2NO/c1-6(2)10(14)13-9-5-7(11)3-4-8(9)12/h3-6H,1-2H3,(H,13,14). The highest BCUT2D eigenvalue weighted by atomic mass is 35.5. The zero-order valence-electron chi connectivity index (χ0n) is 7.97. The fourth-order valence-electron chi connectivity index (χ4n) is 0.870. The summed E-state index contributed by atoms with van der Waals surface area (Å²) in [5, 5.41) is 3.73. The third kappa shape index (κ3) is 2.89. The number of carbonyl (C=O) groups is 1. The Hall–Kier alpha value is -0.730. The molecule has 2 nitrogen and oxygen atoms in total. The molecule has 0 saturated heterocycles. The van der Waals surface area contributed by atoms with Gasteiger partial charge in [0.25, 0.3) is 0 Å². The minimum absolute atomic E-state index is 0.0748. The smallest absolute Gasteiger partial charge is 0.226 e. The first-order valence-corrected chi connectivity index (χ1v) is 5.02. The molecule has 0 aliphatic rings. The lowest BCUT2D eigenvalue weighted by molar-refractivity contribution is -0.118. The molecule has 76 valence electrons. The van der Waals surface area contributed by atoms with Gasteiger partial charge in [-0.25, -0.2) is 0 Å². The maximum Gasteiger partial charge on any atom is 0.226 e. The first kappa shape index (κ1) is 11.3. The van der Waals surface area contributed by atoms with Crippen LogP contribution in [0.5, 0.6) is 0 Å². The summed E-state index contributed by atoms with van der Waals surface area (Å²) >= 11 is 11.6. The molecule has 0 aliphatic carbocycles. The van der Waals surface area contributed by atoms with E-state index in [0.717, 1.165) is 0 Å². The van der Waals surface area contributed by atoms with E-state index < -0.39 is 0 Å². The third-order valence-electron chi connectivity index (χ3n) is 1.71. The van der Waals surface area contributed by atoms with Crippen LogP contribution in [-0.4, -0.2) is 5.91 Å². The number of benzene rings is 1. The summed E-state index contributed by atoms with van der Waals surface area (Å²) in [7, 11) is 0. The van der Waals surface area contributed by atoms with Crippen LogP contribution in [0.15, 0.2) is 18.2 Å². The average Bonchev–Trinajstić information content (AvgIpc) is 2.11. The van der Waals surface area contributed by atoms with Crippen molar-refractivity contribution in [2.45, 2.75) is 13.8 Å². The van der Waals surface area contributed by atoms with E-state index in [4.69, 9.17) is 23.2 Å². The van der Waals surface area contributed by atoms with Crippen molar-refractivity contribution in [1.29, 1.82) is 0 Å². The van der Waals surface area contributed by atoms with Crippen molar-refractivity contribution >= 4 is 34.8 Å². The highest BCUT2D eigenvalue weighted by Crippen LogP contribution is 2.25. The number of halogens is 2. The van der Waals surface area contributed by atoms with Gasteiger partial charge in [-0.3, -0.25) is 4.79 Å². The van der Waals surface area contributed by atoms with Crippen LogP contribution < -0.4 is 5.32 Å². The molecule has 1 aromatic rings. The van der Waals surface area contributed by atoms with Crippen molar-refractivity contribution in [3.05, 3.63) is 28.2 Å². The first-order valence-electron chi connectivity index (χ1n) is 4.26. The Morgan fingerprint density at radius 3 is 2.57 bits per heavy atom. The predicted octanol–water partition coefficient (Wildman–Crippen LogP) is 3.59. The molecule has 0 radical (unpaired) electrons. The van der Waals surface area contributed by atoms with Gasteiger partial charge in [-0.1, -0.05) is 37.0 Å². The Labute approximate surface area is 93.2 Å².